The highest BCUT2D eigenvalue weighted by Gasteiger charge is 2.06. The Morgan fingerprint density at radius 3 is 2.41 bits per heavy atom. The van der Waals surface area contributed by atoms with Gasteiger partial charge in [-0.1, -0.05) is 18.2 Å². The Bertz CT molecular complexity index is 743. The monoisotopic (exact) mass is 322 g/mol. The normalized spacial score (nSPS) is 11.6. The maximum atomic E-state index is 13.0. The van der Waals surface area contributed by atoms with Crippen molar-refractivity contribution >= 4 is 10.0 Å². The molecule has 0 aliphatic carbocycles. The summed E-state index contributed by atoms with van der Waals surface area (Å²) in [4.78, 5) is 0.117. The number of sulfonamides is 1. The highest BCUT2D eigenvalue weighted by molar-refractivity contribution is 7.89. The molecule has 2 aromatic rings. The van der Waals surface area contributed by atoms with Crippen LogP contribution in [0.4, 0.5) is 4.39 Å². The van der Waals surface area contributed by atoms with Gasteiger partial charge in [0, 0.05) is 6.54 Å². The number of aryl methyl sites for hydroxylation is 1. The quantitative estimate of drug-likeness (QED) is 0.800. The third kappa shape index (κ3) is 4.62. The van der Waals surface area contributed by atoms with E-state index in [0.717, 1.165) is 29.7 Å². The van der Waals surface area contributed by atoms with Crippen LogP contribution in [0.2, 0.25) is 0 Å². The second kappa shape index (κ2) is 7.00. The smallest absolute Gasteiger partial charge is 0.238 e. The van der Waals surface area contributed by atoms with Crippen LogP contribution in [0.3, 0.4) is 0 Å². The molecule has 2 aromatic carbocycles. The van der Waals surface area contributed by atoms with Gasteiger partial charge in [-0.05, 0) is 60.8 Å². The molecule has 0 bridgehead atoms. The topological polar surface area (TPSA) is 72.2 Å². The fourth-order valence-electron chi connectivity index (χ4n) is 2.16. The lowest BCUT2D eigenvalue weighted by molar-refractivity contribution is 0.597. The van der Waals surface area contributed by atoms with Crippen molar-refractivity contribution in [2.45, 2.75) is 24.8 Å². The minimum Gasteiger partial charge on any atom is -0.312 e. The molecule has 2 rings (SSSR count). The van der Waals surface area contributed by atoms with Crippen LogP contribution in [0.15, 0.2) is 47.4 Å². The van der Waals surface area contributed by atoms with Crippen molar-refractivity contribution in [3.8, 4) is 0 Å². The number of hydrogen-bond acceptors (Lipinski definition) is 3. The second-order valence-electron chi connectivity index (χ2n) is 5.19. The second-order valence-corrected chi connectivity index (χ2v) is 6.75. The fourth-order valence-corrected chi connectivity index (χ4v) is 2.67. The third-order valence-electron chi connectivity index (χ3n) is 3.46. The molecular formula is C16H19FN2O2S. The van der Waals surface area contributed by atoms with Crippen LogP contribution >= 0.6 is 0 Å². The molecule has 4 nitrogen and oxygen atoms in total. The molecule has 0 fully saturated rings. The molecule has 0 saturated heterocycles. The van der Waals surface area contributed by atoms with E-state index in [1.54, 1.807) is 18.2 Å². The molecule has 0 saturated carbocycles. The summed E-state index contributed by atoms with van der Waals surface area (Å²) in [6.45, 7) is 3.29. The van der Waals surface area contributed by atoms with Gasteiger partial charge in [0.2, 0.25) is 10.0 Å². The number of rotatable bonds is 6. The minimum absolute atomic E-state index is 0.117. The SMILES string of the molecule is Cc1cc(F)ccc1CNCCc1ccc(S(N)(=O)=O)cc1. The van der Waals surface area contributed by atoms with Gasteiger partial charge >= 0.3 is 0 Å². The average Bonchev–Trinajstić information content (AvgIpc) is 2.45. The van der Waals surface area contributed by atoms with Gasteiger partial charge in [-0.15, -0.1) is 0 Å². The molecule has 0 radical (unpaired) electrons. The lowest BCUT2D eigenvalue weighted by Crippen LogP contribution is -2.17. The Morgan fingerprint density at radius 2 is 1.82 bits per heavy atom. The molecule has 0 spiro atoms. The van der Waals surface area contributed by atoms with Crippen molar-refractivity contribution in [2.75, 3.05) is 6.54 Å². The predicted molar refractivity (Wildman–Crippen MR) is 84.4 cm³/mol. The summed E-state index contributed by atoms with van der Waals surface area (Å²) in [6, 6.07) is 11.3. The first-order valence-electron chi connectivity index (χ1n) is 6.94. The molecule has 0 aliphatic heterocycles. The summed E-state index contributed by atoms with van der Waals surface area (Å²) in [7, 11) is -3.64. The van der Waals surface area contributed by atoms with Crippen LogP contribution in [-0.2, 0) is 23.0 Å². The number of primary sulfonamides is 1. The zero-order valence-electron chi connectivity index (χ0n) is 12.3. The highest BCUT2D eigenvalue weighted by Crippen LogP contribution is 2.11. The summed E-state index contributed by atoms with van der Waals surface area (Å²) < 4.78 is 35.3. The van der Waals surface area contributed by atoms with E-state index in [1.807, 2.05) is 6.92 Å². The van der Waals surface area contributed by atoms with Crippen LogP contribution in [0.25, 0.3) is 0 Å². The van der Waals surface area contributed by atoms with Crippen molar-refractivity contribution in [1.82, 2.24) is 5.32 Å². The Labute approximate surface area is 130 Å². The van der Waals surface area contributed by atoms with Crippen LogP contribution in [0.5, 0.6) is 0 Å². The van der Waals surface area contributed by atoms with E-state index in [4.69, 9.17) is 5.14 Å². The first-order chi connectivity index (χ1) is 10.4. The summed E-state index contributed by atoms with van der Waals surface area (Å²) in [5, 5.41) is 8.34. The Balaban J connectivity index is 1.84. The Hall–Kier alpha value is -1.76. The largest absolute Gasteiger partial charge is 0.312 e. The fraction of sp³-hybridized carbons (Fsp3) is 0.250. The third-order valence-corrected chi connectivity index (χ3v) is 4.39. The van der Waals surface area contributed by atoms with Gasteiger partial charge in [-0.25, -0.2) is 17.9 Å². The van der Waals surface area contributed by atoms with Crippen molar-refractivity contribution < 1.29 is 12.8 Å². The molecule has 0 atom stereocenters. The molecule has 6 heteroatoms. The van der Waals surface area contributed by atoms with E-state index in [2.05, 4.69) is 5.32 Å². The molecule has 0 amide bonds. The van der Waals surface area contributed by atoms with E-state index in [1.165, 1.54) is 24.3 Å². The number of nitrogens with one attached hydrogen (secondary N) is 1. The van der Waals surface area contributed by atoms with E-state index >= 15 is 0 Å². The van der Waals surface area contributed by atoms with Crippen molar-refractivity contribution in [3.05, 3.63) is 65.0 Å². The van der Waals surface area contributed by atoms with Crippen LogP contribution in [0.1, 0.15) is 16.7 Å². The number of halogens is 1. The average molecular weight is 322 g/mol. The van der Waals surface area contributed by atoms with Crippen molar-refractivity contribution in [3.63, 3.8) is 0 Å². The van der Waals surface area contributed by atoms with Gasteiger partial charge < -0.3 is 5.32 Å². The number of hydrogen-bond donors (Lipinski definition) is 2. The maximum Gasteiger partial charge on any atom is 0.238 e. The Kier molecular flexibility index (Phi) is 5.28. The van der Waals surface area contributed by atoms with Crippen LogP contribution < -0.4 is 10.5 Å². The lowest BCUT2D eigenvalue weighted by atomic mass is 10.1. The first-order valence-corrected chi connectivity index (χ1v) is 8.48. The Morgan fingerprint density at radius 1 is 1.14 bits per heavy atom. The zero-order chi connectivity index (χ0) is 16.2. The van der Waals surface area contributed by atoms with Crippen LogP contribution in [-0.4, -0.2) is 15.0 Å². The highest BCUT2D eigenvalue weighted by atomic mass is 32.2. The van der Waals surface area contributed by atoms with E-state index in [0.29, 0.717) is 6.54 Å². The molecule has 118 valence electrons. The van der Waals surface area contributed by atoms with Crippen molar-refractivity contribution in [1.29, 1.82) is 0 Å². The van der Waals surface area contributed by atoms with Gasteiger partial charge in [0.1, 0.15) is 5.82 Å². The van der Waals surface area contributed by atoms with Gasteiger partial charge in [-0.3, -0.25) is 0 Å². The van der Waals surface area contributed by atoms with E-state index in [9.17, 15) is 12.8 Å². The summed E-state index contributed by atoms with van der Waals surface area (Å²) in [6.07, 6.45) is 0.769. The molecular weight excluding hydrogens is 303 g/mol. The zero-order valence-corrected chi connectivity index (χ0v) is 13.2. The molecule has 0 heterocycles. The van der Waals surface area contributed by atoms with Gasteiger partial charge in [-0.2, -0.15) is 0 Å². The predicted octanol–water partition coefficient (Wildman–Crippen LogP) is 2.11. The molecule has 0 aliphatic rings. The maximum absolute atomic E-state index is 13.0. The summed E-state index contributed by atoms with van der Waals surface area (Å²) in [5.41, 5.74) is 3.01. The standard InChI is InChI=1S/C16H19FN2O2S/c1-12-10-15(17)5-4-14(12)11-19-9-8-13-2-6-16(7-3-13)22(18,20)21/h2-7,10,19H,8-9,11H2,1H3,(H2,18,20,21). The van der Waals surface area contributed by atoms with Crippen molar-refractivity contribution in [2.24, 2.45) is 5.14 Å². The lowest BCUT2D eigenvalue weighted by Gasteiger charge is -2.08. The number of nitrogens with two attached hydrogens (primary N) is 1. The molecule has 22 heavy (non-hydrogen) atoms. The van der Waals surface area contributed by atoms with Gasteiger partial charge in [0.25, 0.3) is 0 Å². The molecule has 3 N–H and O–H groups in total. The first kappa shape index (κ1) is 16.6. The summed E-state index contributed by atoms with van der Waals surface area (Å²) in [5.74, 6) is -0.226. The summed E-state index contributed by atoms with van der Waals surface area (Å²) >= 11 is 0. The minimum atomic E-state index is -3.64. The van der Waals surface area contributed by atoms with Gasteiger partial charge in [0.15, 0.2) is 0 Å². The van der Waals surface area contributed by atoms with E-state index in [-0.39, 0.29) is 10.7 Å². The van der Waals surface area contributed by atoms with Gasteiger partial charge in [0.05, 0.1) is 4.90 Å². The molecule has 0 aromatic heterocycles. The number of benzene rings is 2. The van der Waals surface area contributed by atoms with Crippen LogP contribution in [0, 0.1) is 12.7 Å². The molecule has 0 unspecified atom stereocenters. The van der Waals surface area contributed by atoms with E-state index < -0.39 is 10.0 Å².